The third kappa shape index (κ3) is 4.68. The quantitative estimate of drug-likeness (QED) is 0.744. The van der Waals surface area contributed by atoms with E-state index in [4.69, 9.17) is 4.74 Å². The number of hydrogen-bond acceptors (Lipinski definition) is 5. The normalized spacial score (nSPS) is 15.2. The summed E-state index contributed by atoms with van der Waals surface area (Å²) in [5, 5.41) is 2.31. The minimum Gasteiger partial charge on any atom is -0.496 e. The van der Waals surface area contributed by atoms with Gasteiger partial charge in [0.1, 0.15) is 12.3 Å². The fourth-order valence-corrected chi connectivity index (χ4v) is 3.76. The second kappa shape index (κ2) is 8.53. The zero-order valence-corrected chi connectivity index (χ0v) is 17.6. The number of methoxy groups -OCH3 is 1. The topological polar surface area (TPSA) is 75.7 Å². The van der Waals surface area contributed by atoms with Crippen LogP contribution in [-0.2, 0) is 9.59 Å². The minimum atomic E-state index is -0.476. The molecule has 1 fully saturated rings. The van der Waals surface area contributed by atoms with E-state index in [1.54, 1.807) is 19.3 Å². The molecule has 0 spiro atoms. The Hall–Kier alpha value is -3.06. The first-order valence-electron chi connectivity index (χ1n) is 9.05. The van der Waals surface area contributed by atoms with Gasteiger partial charge >= 0.3 is 0 Å². The molecule has 150 valence electrons. The zero-order chi connectivity index (χ0) is 21.1. The average Bonchev–Trinajstić information content (AvgIpc) is 2.93. The number of thioether (sulfide) groups is 1. The maximum absolute atomic E-state index is 12.7. The van der Waals surface area contributed by atoms with Gasteiger partial charge in [0.15, 0.2) is 0 Å². The molecule has 29 heavy (non-hydrogen) atoms. The molecule has 3 amide bonds. The molecule has 0 bridgehead atoms. The fraction of sp³-hybridized carbons (Fsp3) is 0.227. The summed E-state index contributed by atoms with van der Waals surface area (Å²) in [6.07, 6.45) is 1.63. The van der Waals surface area contributed by atoms with E-state index in [2.05, 4.69) is 5.32 Å². The van der Waals surface area contributed by atoms with Crippen molar-refractivity contribution >= 4 is 40.6 Å². The van der Waals surface area contributed by atoms with E-state index >= 15 is 0 Å². The van der Waals surface area contributed by atoms with E-state index in [-0.39, 0.29) is 11.4 Å². The Morgan fingerprint density at radius 1 is 1.10 bits per heavy atom. The van der Waals surface area contributed by atoms with Gasteiger partial charge in [-0.3, -0.25) is 19.3 Å². The lowest BCUT2D eigenvalue weighted by atomic mass is 10.1. The number of anilines is 1. The van der Waals surface area contributed by atoms with Gasteiger partial charge in [0.2, 0.25) is 5.91 Å². The Labute approximate surface area is 173 Å². The summed E-state index contributed by atoms with van der Waals surface area (Å²) in [5.41, 5.74) is 4.31. The van der Waals surface area contributed by atoms with Gasteiger partial charge in [-0.15, -0.1) is 0 Å². The van der Waals surface area contributed by atoms with Gasteiger partial charge in [0, 0.05) is 5.69 Å². The summed E-state index contributed by atoms with van der Waals surface area (Å²) in [6, 6.07) is 11.2. The van der Waals surface area contributed by atoms with Crippen molar-refractivity contribution in [1.29, 1.82) is 0 Å². The standard InChI is InChI=1S/C22H22N2O4S/c1-13-5-6-14(2)17(9-13)23-20(25)12-24-21(26)19(29-22(24)27)11-16-8-7-15(3)18(10-16)28-4/h5-11H,12H2,1-4H3,(H,23,25)/b19-11+. The van der Waals surface area contributed by atoms with Gasteiger partial charge in [-0.25, -0.2) is 0 Å². The summed E-state index contributed by atoms with van der Waals surface area (Å²) in [7, 11) is 1.58. The number of hydrogen-bond donors (Lipinski definition) is 1. The number of rotatable bonds is 5. The monoisotopic (exact) mass is 410 g/mol. The number of carbonyl (C=O) groups excluding carboxylic acids is 3. The highest BCUT2D eigenvalue weighted by Crippen LogP contribution is 2.33. The van der Waals surface area contributed by atoms with Crippen LogP contribution < -0.4 is 10.1 Å². The molecule has 3 rings (SSSR count). The lowest BCUT2D eigenvalue weighted by Gasteiger charge is -2.14. The Balaban J connectivity index is 1.73. The van der Waals surface area contributed by atoms with E-state index in [1.165, 1.54) is 0 Å². The van der Waals surface area contributed by atoms with Gasteiger partial charge in [0.25, 0.3) is 11.1 Å². The minimum absolute atomic E-state index is 0.278. The molecular weight excluding hydrogens is 388 g/mol. The van der Waals surface area contributed by atoms with E-state index < -0.39 is 17.1 Å². The highest BCUT2D eigenvalue weighted by atomic mass is 32.2. The number of amides is 3. The fourth-order valence-electron chi connectivity index (χ4n) is 2.92. The van der Waals surface area contributed by atoms with Gasteiger partial charge in [-0.1, -0.05) is 24.3 Å². The molecule has 1 aliphatic heterocycles. The van der Waals surface area contributed by atoms with Crippen LogP contribution in [0.5, 0.6) is 5.75 Å². The Morgan fingerprint density at radius 2 is 1.83 bits per heavy atom. The lowest BCUT2D eigenvalue weighted by Crippen LogP contribution is -2.36. The first-order valence-corrected chi connectivity index (χ1v) is 9.87. The molecule has 1 heterocycles. The number of carbonyl (C=O) groups is 3. The molecule has 0 radical (unpaired) electrons. The van der Waals surface area contributed by atoms with E-state index in [9.17, 15) is 14.4 Å². The van der Waals surface area contributed by atoms with Crippen LogP contribution in [0.4, 0.5) is 10.5 Å². The molecule has 7 heteroatoms. The Kier molecular flexibility index (Phi) is 6.08. The smallest absolute Gasteiger partial charge is 0.294 e. The molecule has 2 aromatic carbocycles. The highest BCUT2D eigenvalue weighted by molar-refractivity contribution is 8.18. The first kappa shape index (κ1) is 20.7. The average molecular weight is 410 g/mol. The third-order valence-electron chi connectivity index (χ3n) is 4.57. The third-order valence-corrected chi connectivity index (χ3v) is 5.48. The molecule has 0 atom stereocenters. The maximum atomic E-state index is 12.7. The number of aryl methyl sites for hydroxylation is 3. The highest BCUT2D eigenvalue weighted by Gasteiger charge is 2.36. The number of nitrogens with one attached hydrogen (secondary N) is 1. The number of ether oxygens (including phenoxy) is 1. The SMILES string of the molecule is COc1cc(/C=C2/SC(=O)N(CC(=O)Nc3cc(C)ccc3C)C2=O)ccc1C. The molecular formula is C22H22N2O4S. The van der Waals surface area contributed by atoms with Crippen LogP contribution in [0.25, 0.3) is 6.08 Å². The Bertz CT molecular complexity index is 1030. The molecule has 0 unspecified atom stereocenters. The second-order valence-electron chi connectivity index (χ2n) is 6.86. The predicted molar refractivity (Wildman–Crippen MR) is 115 cm³/mol. The molecule has 0 aromatic heterocycles. The summed E-state index contributed by atoms with van der Waals surface area (Å²) < 4.78 is 5.30. The van der Waals surface area contributed by atoms with Crippen molar-refractivity contribution in [2.24, 2.45) is 0 Å². The molecule has 1 aliphatic rings. The summed E-state index contributed by atoms with van der Waals surface area (Å²) in [4.78, 5) is 38.6. The number of imide groups is 1. The van der Waals surface area contributed by atoms with Gasteiger partial charge in [-0.2, -0.15) is 0 Å². The largest absolute Gasteiger partial charge is 0.496 e. The van der Waals surface area contributed by atoms with Crippen molar-refractivity contribution < 1.29 is 19.1 Å². The van der Waals surface area contributed by atoms with Crippen LogP contribution >= 0.6 is 11.8 Å². The number of nitrogens with zero attached hydrogens (tertiary/aromatic N) is 1. The molecule has 1 saturated heterocycles. The van der Waals surface area contributed by atoms with E-state index in [0.29, 0.717) is 11.4 Å². The van der Waals surface area contributed by atoms with Gasteiger partial charge in [0.05, 0.1) is 12.0 Å². The van der Waals surface area contributed by atoms with Crippen LogP contribution in [0.1, 0.15) is 22.3 Å². The number of benzene rings is 2. The lowest BCUT2D eigenvalue weighted by molar-refractivity contribution is -0.127. The first-order chi connectivity index (χ1) is 13.8. The van der Waals surface area contributed by atoms with E-state index in [0.717, 1.165) is 38.9 Å². The van der Waals surface area contributed by atoms with Crippen LogP contribution in [0.3, 0.4) is 0 Å². The summed E-state index contributed by atoms with van der Waals surface area (Å²) in [6.45, 7) is 5.40. The van der Waals surface area contributed by atoms with Gasteiger partial charge < -0.3 is 10.1 Å². The second-order valence-corrected chi connectivity index (χ2v) is 7.86. The van der Waals surface area contributed by atoms with Crippen LogP contribution in [0, 0.1) is 20.8 Å². The molecule has 6 nitrogen and oxygen atoms in total. The van der Waals surface area contributed by atoms with E-state index in [1.807, 2.05) is 51.1 Å². The Morgan fingerprint density at radius 3 is 2.55 bits per heavy atom. The van der Waals surface area contributed by atoms with Crippen molar-refractivity contribution in [3.63, 3.8) is 0 Å². The molecule has 1 N–H and O–H groups in total. The van der Waals surface area contributed by atoms with Crippen molar-refractivity contribution in [2.75, 3.05) is 19.0 Å². The zero-order valence-electron chi connectivity index (χ0n) is 16.7. The summed E-state index contributed by atoms with van der Waals surface area (Å²) >= 11 is 0.826. The molecule has 2 aromatic rings. The van der Waals surface area contributed by atoms with Crippen molar-refractivity contribution in [2.45, 2.75) is 20.8 Å². The van der Waals surface area contributed by atoms with Crippen molar-refractivity contribution in [1.82, 2.24) is 4.90 Å². The van der Waals surface area contributed by atoms with Crippen molar-refractivity contribution in [3.8, 4) is 5.75 Å². The molecule has 0 aliphatic carbocycles. The molecule has 0 saturated carbocycles. The van der Waals surface area contributed by atoms with Crippen LogP contribution in [0.15, 0.2) is 41.3 Å². The predicted octanol–water partition coefficient (Wildman–Crippen LogP) is 4.30. The summed E-state index contributed by atoms with van der Waals surface area (Å²) in [5.74, 6) is -0.194. The maximum Gasteiger partial charge on any atom is 0.294 e. The van der Waals surface area contributed by atoms with Crippen molar-refractivity contribution in [3.05, 3.63) is 63.6 Å². The van der Waals surface area contributed by atoms with Crippen LogP contribution in [0.2, 0.25) is 0 Å². The van der Waals surface area contributed by atoms with Crippen LogP contribution in [-0.4, -0.2) is 35.6 Å². The van der Waals surface area contributed by atoms with Gasteiger partial charge in [-0.05, 0) is 73.0 Å².